The van der Waals surface area contributed by atoms with Crippen LogP contribution in [-0.2, 0) is 6.54 Å². The molecule has 0 fully saturated rings. The van der Waals surface area contributed by atoms with Gasteiger partial charge in [0.15, 0.2) is 11.5 Å². The lowest BCUT2D eigenvalue weighted by molar-refractivity contribution is -0.858. The van der Waals surface area contributed by atoms with Gasteiger partial charge in [-0.15, -0.1) is 5.10 Å². The summed E-state index contributed by atoms with van der Waals surface area (Å²) in [5, 5.41) is 5.66. The Morgan fingerprint density at radius 2 is 2.00 bits per heavy atom. The highest BCUT2D eigenvalue weighted by molar-refractivity contribution is 5.94. The van der Waals surface area contributed by atoms with Crippen molar-refractivity contribution in [3.05, 3.63) is 42.1 Å². The molecular weight excluding hydrogens is 314 g/mol. The van der Waals surface area contributed by atoms with Crippen LogP contribution in [0.15, 0.2) is 30.9 Å². The molecule has 0 atom stereocenters. The van der Waals surface area contributed by atoms with E-state index in [-0.39, 0.29) is 0 Å². The third-order valence-electron chi connectivity index (χ3n) is 4.70. The van der Waals surface area contributed by atoms with Crippen molar-refractivity contribution in [1.29, 1.82) is 0 Å². The number of likely N-dealkylation sites (N-methyl/N-ethyl adjacent to an activating group) is 1. The van der Waals surface area contributed by atoms with Crippen molar-refractivity contribution in [1.82, 2.24) is 29.1 Å². The number of aromatic nitrogens is 6. The maximum absolute atomic E-state index is 4.77. The van der Waals surface area contributed by atoms with E-state index in [9.17, 15) is 0 Å². The molecule has 7 heteroatoms. The van der Waals surface area contributed by atoms with Crippen LogP contribution in [-0.4, -0.2) is 49.8 Å². The van der Waals surface area contributed by atoms with Crippen molar-refractivity contribution in [2.24, 2.45) is 0 Å². The SMILES string of the molecule is Cc1c(C)n(CC[NH+](C)C)c2ncn3nc(-c4cccnc4)nc3c12. The Bertz CT molecular complexity index is 1040. The summed E-state index contributed by atoms with van der Waals surface area (Å²) in [5.74, 6) is 0.671. The van der Waals surface area contributed by atoms with E-state index >= 15 is 0 Å². The monoisotopic (exact) mass is 336 g/mol. The molecule has 4 heterocycles. The second kappa shape index (κ2) is 5.93. The molecule has 0 radical (unpaired) electrons. The molecule has 4 rings (SSSR count). The lowest BCUT2D eigenvalue weighted by Gasteiger charge is -2.10. The fourth-order valence-electron chi connectivity index (χ4n) is 3.16. The van der Waals surface area contributed by atoms with Crippen LogP contribution in [0.3, 0.4) is 0 Å². The minimum atomic E-state index is 0.671. The lowest BCUT2D eigenvalue weighted by Crippen LogP contribution is -3.06. The molecule has 0 aliphatic rings. The number of pyridine rings is 1. The van der Waals surface area contributed by atoms with Gasteiger partial charge >= 0.3 is 0 Å². The highest BCUT2D eigenvalue weighted by Crippen LogP contribution is 2.27. The molecular formula is C18H22N7+. The number of hydrogen-bond acceptors (Lipinski definition) is 4. The highest BCUT2D eigenvalue weighted by Gasteiger charge is 2.18. The normalized spacial score (nSPS) is 11.9. The standard InChI is InChI=1S/C18H21N7/c1-12-13(2)24(9-8-23(3)4)17-15(12)18-21-16(22-25(18)11-20-17)14-6-5-7-19-10-14/h5-7,10-11H,8-9H2,1-4H3/p+1. The second-order valence-electron chi connectivity index (χ2n) is 6.71. The first kappa shape index (κ1) is 15.7. The molecule has 7 nitrogen and oxygen atoms in total. The molecule has 4 aromatic heterocycles. The smallest absolute Gasteiger partial charge is 0.183 e. The van der Waals surface area contributed by atoms with Crippen LogP contribution in [0.5, 0.6) is 0 Å². The highest BCUT2D eigenvalue weighted by atomic mass is 15.3. The third-order valence-corrected chi connectivity index (χ3v) is 4.70. The van der Waals surface area contributed by atoms with Gasteiger partial charge in [0, 0.05) is 23.7 Å². The summed E-state index contributed by atoms with van der Waals surface area (Å²) in [6.45, 7) is 6.27. The van der Waals surface area contributed by atoms with Gasteiger partial charge in [0.1, 0.15) is 12.0 Å². The van der Waals surface area contributed by atoms with Gasteiger partial charge in [-0.2, -0.15) is 0 Å². The summed E-state index contributed by atoms with van der Waals surface area (Å²) < 4.78 is 4.05. The van der Waals surface area contributed by atoms with Crippen LogP contribution >= 0.6 is 0 Å². The number of fused-ring (bicyclic) bond motifs is 3. The summed E-state index contributed by atoms with van der Waals surface area (Å²) in [7, 11) is 4.33. The van der Waals surface area contributed by atoms with Crippen molar-refractivity contribution >= 4 is 16.7 Å². The summed E-state index contributed by atoms with van der Waals surface area (Å²) in [6, 6.07) is 3.86. The molecule has 128 valence electrons. The Kier molecular flexibility index (Phi) is 3.73. The molecule has 0 saturated carbocycles. The lowest BCUT2D eigenvalue weighted by atomic mass is 10.2. The zero-order valence-electron chi connectivity index (χ0n) is 15.0. The summed E-state index contributed by atoms with van der Waals surface area (Å²) in [4.78, 5) is 15.0. The number of nitrogens with one attached hydrogen (secondary N) is 1. The van der Waals surface area contributed by atoms with Crippen LogP contribution in [0.2, 0.25) is 0 Å². The molecule has 0 aliphatic carbocycles. The van der Waals surface area contributed by atoms with E-state index in [1.165, 1.54) is 16.2 Å². The Labute approximate surface area is 146 Å². The fraction of sp³-hybridized carbons (Fsp3) is 0.333. The van der Waals surface area contributed by atoms with Gasteiger partial charge in [-0.1, -0.05) is 0 Å². The van der Waals surface area contributed by atoms with Crippen LogP contribution in [0.1, 0.15) is 11.3 Å². The largest absolute Gasteiger partial charge is 0.338 e. The van der Waals surface area contributed by atoms with Gasteiger partial charge < -0.3 is 9.47 Å². The molecule has 0 amide bonds. The number of hydrogen-bond donors (Lipinski definition) is 1. The zero-order valence-corrected chi connectivity index (χ0v) is 15.0. The van der Waals surface area contributed by atoms with E-state index in [1.807, 2.05) is 12.1 Å². The summed E-state index contributed by atoms with van der Waals surface area (Å²) >= 11 is 0. The average Bonchev–Trinajstić information content (AvgIpc) is 3.14. The van der Waals surface area contributed by atoms with Gasteiger partial charge in [-0.05, 0) is 31.5 Å². The Hall–Kier alpha value is -2.80. The summed E-state index contributed by atoms with van der Waals surface area (Å²) in [5.41, 5.74) is 5.19. The zero-order chi connectivity index (χ0) is 17.6. The van der Waals surface area contributed by atoms with Crippen LogP contribution in [0.4, 0.5) is 0 Å². The molecule has 0 aliphatic heterocycles. The van der Waals surface area contributed by atoms with Crippen LogP contribution < -0.4 is 4.90 Å². The van der Waals surface area contributed by atoms with Gasteiger partial charge in [0.05, 0.1) is 32.6 Å². The molecule has 0 bridgehead atoms. The number of rotatable bonds is 4. The number of quaternary nitrogens is 1. The van der Waals surface area contributed by atoms with E-state index in [1.54, 1.807) is 23.2 Å². The molecule has 4 aromatic rings. The molecule has 0 saturated heterocycles. The van der Waals surface area contributed by atoms with E-state index in [2.05, 4.69) is 47.6 Å². The topological polar surface area (TPSA) is 65.3 Å². The maximum atomic E-state index is 4.77. The van der Waals surface area contributed by atoms with Crippen LogP contribution in [0, 0.1) is 13.8 Å². The van der Waals surface area contributed by atoms with Crippen LogP contribution in [0.25, 0.3) is 28.1 Å². The minimum Gasteiger partial charge on any atom is -0.338 e. The van der Waals surface area contributed by atoms with Gasteiger partial charge in [-0.3, -0.25) is 4.98 Å². The van der Waals surface area contributed by atoms with Gasteiger partial charge in [-0.25, -0.2) is 14.5 Å². The summed E-state index contributed by atoms with van der Waals surface area (Å²) in [6.07, 6.45) is 5.28. The van der Waals surface area contributed by atoms with Crippen molar-refractivity contribution in [2.45, 2.75) is 20.4 Å². The molecule has 25 heavy (non-hydrogen) atoms. The van der Waals surface area contributed by atoms with Crippen molar-refractivity contribution in [3.63, 3.8) is 0 Å². The molecule has 0 unspecified atom stereocenters. The van der Waals surface area contributed by atoms with E-state index in [0.29, 0.717) is 5.82 Å². The van der Waals surface area contributed by atoms with Gasteiger partial charge in [0.25, 0.3) is 0 Å². The Balaban J connectivity index is 1.92. The second-order valence-corrected chi connectivity index (χ2v) is 6.71. The van der Waals surface area contributed by atoms with E-state index in [0.717, 1.165) is 35.3 Å². The fourth-order valence-corrected chi connectivity index (χ4v) is 3.16. The molecule has 1 N–H and O–H groups in total. The predicted molar refractivity (Wildman–Crippen MR) is 96.7 cm³/mol. The predicted octanol–water partition coefficient (Wildman–Crippen LogP) is 0.902. The van der Waals surface area contributed by atoms with Crippen molar-refractivity contribution in [2.75, 3.05) is 20.6 Å². The third kappa shape index (κ3) is 2.56. The quantitative estimate of drug-likeness (QED) is 0.601. The minimum absolute atomic E-state index is 0.671. The number of aryl methyl sites for hydroxylation is 1. The first-order valence-corrected chi connectivity index (χ1v) is 8.46. The van der Waals surface area contributed by atoms with Crippen molar-refractivity contribution in [3.8, 4) is 11.4 Å². The molecule has 0 aromatic carbocycles. The average molecular weight is 336 g/mol. The van der Waals surface area contributed by atoms with E-state index < -0.39 is 0 Å². The molecule has 0 spiro atoms. The van der Waals surface area contributed by atoms with E-state index in [4.69, 9.17) is 4.98 Å². The Morgan fingerprint density at radius 3 is 2.72 bits per heavy atom. The van der Waals surface area contributed by atoms with Gasteiger partial charge in [0.2, 0.25) is 0 Å². The first-order chi connectivity index (χ1) is 12.1. The van der Waals surface area contributed by atoms with Crippen molar-refractivity contribution < 1.29 is 4.90 Å². The first-order valence-electron chi connectivity index (χ1n) is 8.46. The maximum Gasteiger partial charge on any atom is 0.183 e. The number of nitrogens with zero attached hydrogens (tertiary/aromatic N) is 6. The Morgan fingerprint density at radius 1 is 1.16 bits per heavy atom.